The lowest BCUT2D eigenvalue weighted by Crippen LogP contribution is -2.19. The van der Waals surface area contributed by atoms with Crippen LogP contribution in [0.15, 0.2) is 30.3 Å². The van der Waals surface area contributed by atoms with E-state index < -0.39 is 5.82 Å². The van der Waals surface area contributed by atoms with E-state index >= 15 is 0 Å². The predicted molar refractivity (Wildman–Crippen MR) is 82.5 cm³/mol. The van der Waals surface area contributed by atoms with Crippen LogP contribution < -0.4 is 9.64 Å². The Labute approximate surface area is 137 Å². The van der Waals surface area contributed by atoms with Gasteiger partial charge in [0.2, 0.25) is 0 Å². The first-order valence-corrected chi connectivity index (χ1v) is 7.19. The molecule has 7 heteroatoms. The summed E-state index contributed by atoms with van der Waals surface area (Å²) in [6.07, 6.45) is 0. The molecule has 23 heavy (non-hydrogen) atoms. The molecule has 2 aromatic carbocycles. The minimum absolute atomic E-state index is 0.0483. The third-order valence-corrected chi connectivity index (χ3v) is 3.64. The second-order valence-corrected chi connectivity index (χ2v) is 5.36. The highest BCUT2D eigenvalue weighted by Crippen LogP contribution is 2.38. The maximum Gasteiger partial charge on any atom is 0.171 e. The number of benzene rings is 2. The van der Waals surface area contributed by atoms with Gasteiger partial charge in [-0.1, -0.05) is 11.6 Å². The van der Waals surface area contributed by atoms with Gasteiger partial charge in [0, 0.05) is 23.7 Å². The normalized spacial score (nSPS) is 13.9. The molecule has 2 aromatic rings. The Bertz CT molecular complexity index is 786. The molecule has 0 saturated carbocycles. The number of hydrogen-bond donors (Lipinski definition) is 1. The van der Waals surface area contributed by atoms with Crippen molar-refractivity contribution < 1.29 is 19.0 Å². The van der Waals surface area contributed by atoms with Gasteiger partial charge in [-0.2, -0.15) is 5.26 Å². The van der Waals surface area contributed by atoms with Crippen molar-refractivity contribution in [1.29, 1.82) is 5.26 Å². The summed E-state index contributed by atoms with van der Waals surface area (Å²) in [5.74, 6) is -0.656. The maximum absolute atomic E-state index is 14.0. The van der Waals surface area contributed by atoms with Crippen LogP contribution in [0, 0.1) is 17.1 Å². The highest BCUT2D eigenvalue weighted by Gasteiger charge is 2.20. The molecule has 1 heterocycles. The molecule has 5 nitrogen and oxygen atoms in total. The van der Waals surface area contributed by atoms with Crippen LogP contribution in [0.25, 0.3) is 0 Å². The summed E-state index contributed by atoms with van der Waals surface area (Å²) >= 11 is 5.84. The number of hydrogen-bond acceptors (Lipinski definition) is 5. The van der Waals surface area contributed by atoms with E-state index in [-0.39, 0.29) is 35.2 Å². The van der Waals surface area contributed by atoms with Crippen LogP contribution in [-0.4, -0.2) is 25.0 Å². The first-order valence-electron chi connectivity index (χ1n) is 6.81. The molecule has 3 rings (SSSR count). The second-order valence-electron chi connectivity index (χ2n) is 4.93. The van der Waals surface area contributed by atoms with Gasteiger partial charge in [0.1, 0.15) is 18.5 Å². The summed E-state index contributed by atoms with van der Waals surface area (Å²) in [6.45, 7) is 1.32. The summed E-state index contributed by atoms with van der Waals surface area (Å²) in [4.78, 5) is 1.69. The first kappa shape index (κ1) is 15.4. The van der Waals surface area contributed by atoms with E-state index in [0.29, 0.717) is 18.2 Å². The van der Waals surface area contributed by atoms with Crippen LogP contribution in [0.5, 0.6) is 17.2 Å². The van der Waals surface area contributed by atoms with Gasteiger partial charge in [0.15, 0.2) is 17.3 Å². The summed E-state index contributed by atoms with van der Waals surface area (Å²) in [5.41, 5.74) is 0.482. The summed E-state index contributed by atoms with van der Waals surface area (Å²) in [6, 6.07) is 8.85. The molecule has 0 radical (unpaired) electrons. The van der Waals surface area contributed by atoms with Gasteiger partial charge in [-0.3, -0.25) is 0 Å². The van der Waals surface area contributed by atoms with Gasteiger partial charge in [0.05, 0.1) is 17.9 Å². The van der Waals surface area contributed by atoms with E-state index in [4.69, 9.17) is 26.3 Å². The van der Waals surface area contributed by atoms with Gasteiger partial charge < -0.3 is 19.5 Å². The Kier molecular flexibility index (Phi) is 4.24. The zero-order chi connectivity index (χ0) is 16.4. The Balaban J connectivity index is 1.97. The zero-order valence-electron chi connectivity index (χ0n) is 11.9. The van der Waals surface area contributed by atoms with Crippen molar-refractivity contribution in [2.45, 2.75) is 0 Å². The van der Waals surface area contributed by atoms with Crippen molar-refractivity contribution in [3.63, 3.8) is 0 Å². The molecule has 0 aromatic heterocycles. The number of phenols is 1. The van der Waals surface area contributed by atoms with E-state index in [2.05, 4.69) is 0 Å². The van der Waals surface area contributed by atoms with Crippen molar-refractivity contribution >= 4 is 17.3 Å². The number of phenolic OH excluding ortho intramolecular Hbond substituents is 1. The molecule has 118 valence electrons. The topological polar surface area (TPSA) is 65.7 Å². The first-order chi connectivity index (χ1) is 11.1. The van der Waals surface area contributed by atoms with Gasteiger partial charge in [-0.15, -0.1) is 0 Å². The number of ether oxygens (including phenoxy) is 2. The van der Waals surface area contributed by atoms with Crippen LogP contribution in [0.2, 0.25) is 5.02 Å². The van der Waals surface area contributed by atoms with Crippen molar-refractivity contribution in [1.82, 2.24) is 0 Å². The average Bonchev–Trinajstić information content (AvgIpc) is 3.05. The van der Waals surface area contributed by atoms with E-state index in [9.17, 15) is 9.50 Å². The highest BCUT2D eigenvalue weighted by atomic mass is 35.5. The number of nitrogens with zero attached hydrogens (tertiary/aromatic N) is 2. The third kappa shape index (κ3) is 3.16. The fourth-order valence-corrected chi connectivity index (χ4v) is 2.43. The van der Waals surface area contributed by atoms with Gasteiger partial charge in [-0.05, 0) is 18.2 Å². The van der Waals surface area contributed by atoms with E-state index in [1.807, 2.05) is 6.07 Å². The predicted octanol–water partition coefficient (Wildman–Crippen LogP) is 3.64. The lowest BCUT2D eigenvalue weighted by molar-refractivity contribution is 0.201. The molecule has 1 aliphatic heterocycles. The summed E-state index contributed by atoms with van der Waals surface area (Å²) in [5, 5.41) is 19.4. The van der Waals surface area contributed by atoms with Crippen molar-refractivity contribution in [2.75, 3.05) is 24.8 Å². The molecular formula is C16H12ClFN2O3. The monoisotopic (exact) mass is 334 g/mol. The molecule has 0 atom stereocenters. The molecule has 0 aliphatic carbocycles. The molecule has 0 unspecified atom stereocenters. The lowest BCUT2D eigenvalue weighted by Gasteiger charge is -2.18. The number of rotatable bonds is 3. The smallest absolute Gasteiger partial charge is 0.171 e. The van der Waals surface area contributed by atoms with Gasteiger partial charge in [0.25, 0.3) is 0 Å². The quantitative estimate of drug-likeness (QED) is 0.928. The lowest BCUT2D eigenvalue weighted by atomic mass is 10.2. The second kappa shape index (κ2) is 6.32. The Hall–Kier alpha value is -2.49. The van der Waals surface area contributed by atoms with Crippen LogP contribution in [0.3, 0.4) is 0 Å². The largest absolute Gasteiger partial charge is 0.504 e. The Morgan fingerprint density at radius 2 is 2.13 bits per heavy atom. The molecule has 0 bridgehead atoms. The van der Waals surface area contributed by atoms with Crippen molar-refractivity contribution in [3.05, 3.63) is 46.7 Å². The van der Waals surface area contributed by atoms with Gasteiger partial charge in [-0.25, -0.2) is 4.39 Å². The maximum atomic E-state index is 14.0. The van der Waals surface area contributed by atoms with E-state index in [1.54, 1.807) is 11.0 Å². The minimum atomic E-state index is -0.572. The highest BCUT2D eigenvalue weighted by molar-refractivity contribution is 6.30. The standard InChI is InChI=1S/C16H12ClFN2O3/c17-11-1-2-15(10(5-11)8-19)23-16-7-13(12(18)6-14(16)21)20-3-4-22-9-20/h1-2,5-7,21H,3-4,9H2. The van der Waals surface area contributed by atoms with E-state index in [0.717, 1.165) is 6.07 Å². The Morgan fingerprint density at radius 3 is 2.83 bits per heavy atom. The molecule has 0 spiro atoms. The molecule has 1 N–H and O–H groups in total. The fraction of sp³-hybridized carbons (Fsp3) is 0.188. The summed E-state index contributed by atoms with van der Waals surface area (Å²) in [7, 11) is 0. The Morgan fingerprint density at radius 1 is 1.30 bits per heavy atom. The summed E-state index contributed by atoms with van der Waals surface area (Å²) < 4.78 is 24.8. The average molecular weight is 335 g/mol. The molecule has 1 saturated heterocycles. The number of nitriles is 1. The number of aromatic hydroxyl groups is 1. The van der Waals surface area contributed by atoms with Crippen LogP contribution in [0.4, 0.5) is 10.1 Å². The van der Waals surface area contributed by atoms with Crippen molar-refractivity contribution in [2.24, 2.45) is 0 Å². The van der Waals surface area contributed by atoms with Crippen LogP contribution in [0.1, 0.15) is 5.56 Å². The number of anilines is 1. The molecular weight excluding hydrogens is 323 g/mol. The molecule has 1 aliphatic rings. The minimum Gasteiger partial charge on any atom is -0.504 e. The van der Waals surface area contributed by atoms with Crippen LogP contribution in [-0.2, 0) is 4.74 Å². The molecule has 1 fully saturated rings. The SMILES string of the molecule is N#Cc1cc(Cl)ccc1Oc1cc(N2CCOC2)c(F)cc1O. The van der Waals surface area contributed by atoms with Crippen LogP contribution >= 0.6 is 11.6 Å². The number of halogens is 2. The van der Waals surface area contributed by atoms with Crippen molar-refractivity contribution in [3.8, 4) is 23.3 Å². The third-order valence-electron chi connectivity index (χ3n) is 3.40. The van der Waals surface area contributed by atoms with Gasteiger partial charge >= 0.3 is 0 Å². The molecule has 0 amide bonds. The van der Waals surface area contributed by atoms with E-state index in [1.165, 1.54) is 18.2 Å². The zero-order valence-corrected chi connectivity index (χ0v) is 12.7. The fourth-order valence-electron chi connectivity index (χ4n) is 2.26.